The number of hydrogen-bond acceptors (Lipinski definition) is 4. The van der Waals surface area contributed by atoms with Gasteiger partial charge in [0.2, 0.25) is 5.91 Å². The van der Waals surface area contributed by atoms with Crippen LogP contribution in [0.4, 0.5) is 11.4 Å². The molecular formula is C22H20N2O4. The first-order valence-corrected chi connectivity index (χ1v) is 8.82. The van der Waals surface area contributed by atoms with Crippen molar-refractivity contribution >= 4 is 17.3 Å². The van der Waals surface area contributed by atoms with Gasteiger partial charge in [-0.2, -0.15) is 0 Å². The van der Waals surface area contributed by atoms with Crippen LogP contribution in [0.3, 0.4) is 0 Å². The van der Waals surface area contributed by atoms with Crippen molar-refractivity contribution in [3.63, 3.8) is 0 Å². The van der Waals surface area contributed by atoms with E-state index in [1.54, 1.807) is 18.2 Å². The van der Waals surface area contributed by atoms with E-state index in [1.165, 1.54) is 11.8 Å². The summed E-state index contributed by atoms with van der Waals surface area (Å²) in [4.78, 5) is 25.0. The monoisotopic (exact) mass is 376 g/mol. The molecule has 28 heavy (non-hydrogen) atoms. The first kappa shape index (κ1) is 19.1. The third-order valence-corrected chi connectivity index (χ3v) is 4.25. The number of nitro benzene ring substituents is 1. The second-order valence-corrected chi connectivity index (χ2v) is 6.25. The van der Waals surface area contributed by atoms with Crippen LogP contribution in [0.25, 0.3) is 0 Å². The summed E-state index contributed by atoms with van der Waals surface area (Å²) < 4.78 is 5.73. The molecule has 142 valence electrons. The first-order valence-electron chi connectivity index (χ1n) is 8.82. The molecule has 6 heteroatoms. The Balaban J connectivity index is 1.94. The fourth-order valence-corrected chi connectivity index (χ4v) is 2.90. The molecule has 0 heterocycles. The molecule has 0 unspecified atom stereocenters. The van der Waals surface area contributed by atoms with E-state index in [2.05, 4.69) is 0 Å². The molecule has 1 amide bonds. The minimum atomic E-state index is -0.503. The van der Waals surface area contributed by atoms with Crippen LogP contribution in [0.5, 0.6) is 5.75 Å². The normalized spacial score (nSPS) is 10.3. The van der Waals surface area contributed by atoms with Crippen molar-refractivity contribution in [1.82, 2.24) is 0 Å². The van der Waals surface area contributed by atoms with E-state index in [4.69, 9.17) is 4.74 Å². The van der Waals surface area contributed by atoms with Crippen LogP contribution in [0.15, 0.2) is 78.9 Å². The Hall–Kier alpha value is -3.67. The van der Waals surface area contributed by atoms with Crippen LogP contribution in [0.2, 0.25) is 0 Å². The van der Waals surface area contributed by atoms with Crippen molar-refractivity contribution in [1.29, 1.82) is 0 Å². The average Bonchev–Trinajstić information content (AvgIpc) is 2.71. The Morgan fingerprint density at radius 2 is 1.54 bits per heavy atom. The van der Waals surface area contributed by atoms with E-state index in [0.717, 1.165) is 11.1 Å². The van der Waals surface area contributed by atoms with Gasteiger partial charge in [0.15, 0.2) is 5.75 Å². The molecule has 3 aromatic rings. The maximum absolute atomic E-state index is 12.3. The lowest BCUT2D eigenvalue weighted by Crippen LogP contribution is -2.28. The summed E-state index contributed by atoms with van der Waals surface area (Å²) in [5.41, 5.74) is 1.77. The molecule has 0 aromatic heterocycles. The number of ether oxygens (including phenoxy) is 1. The minimum absolute atomic E-state index is 0.130. The van der Waals surface area contributed by atoms with Crippen LogP contribution in [0, 0.1) is 10.1 Å². The predicted molar refractivity (Wildman–Crippen MR) is 107 cm³/mol. The second-order valence-electron chi connectivity index (χ2n) is 6.25. The number of carbonyl (C=O) groups is 1. The molecule has 0 aliphatic rings. The number of amides is 1. The van der Waals surface area contributed by atoms with Crippen LogP contribution in [0.1, 0.15) is 18.1 Å². The molecule has 3 rings (SSSR count). The van der Waals surface area contributed by atoms with Gasteiger partial charge in [0.25, 0.3) is 0 Å². The summed E-state index contributed by atoms with van der Waals surface area (Å²) in [7, 11) is 0. The Bertz CT molecular complexity index is 959. The molecule has 0 radical (unpaired) electrons. The van der Waals surface area contributed by atoms with Crippen molar-refractivity contribution < 1.29 is 14.5 Å². The number of para-hydroxylation sites is 1. The molecule has 6 nitrogen and oxygen atoms in total. The molecule has 3 aromatic carbocycles. The molecule has 0 bridgehead atoms. The average molecular weight is 376 g/mol. The van der Waals surface area contributed by atoms with E-state index >= 15 is 0 Å². The van der Waals surface area contributed by atoms with Gasteiger partial charge < -0.3 is 9.64 Å². The van der Waals surface area contributed by atoms with Crippen LogP contribution >= 0.6 is 0 Å². The van der Waals surface area contributed by atoms with Crippen LogP contribution < -0.4 is 9.64 Å². The Kier molecular flexibility index (Phi) is 6.01. The van der Waals surface area contributed by atoms with E-state index in [0.29, 0.717) is 0 Å². The molecule has 0 saturated heterocycles. The minimum Gasteiger partial charge on any atom is -0.482 e. The quantitative estimate of drug-likeness (QED) is 0.441. The lowest BCUT2D eigenvalue weighted by atomic mass is 10.1. The number of carbonyl (C=O) groups excluding carboxylic acids is 1. The van der Waals surface area contributed by atoms with Crippen molar-refractivity contribution in [3.8, 4) is 5.75 Å². The fraction of sp³-hybridized carbons (Fsp3) is 0.136. The highest BCUT2D eigenvalue weighted by Gasteiger charge is 2.27. The van der Waals surface area contributed by atoms with Crippen LogP contribution in [-0.4, -0.2) is 10.8 Å². The Morgan fingerprint density at radius 3 is 2.11 bits per heavy atom. The SMILES string of the molecule is CC(=O)N(Cc1ccccc1)c1cccc(OCc2ccccc2)c1[N+](=O)[O-]. The summed E-state index contributed by atoms with van der Waals surface area (Å²) in [6.45, 7) is 1.83. The van der Waals surface area contributed by atoms with E-state index in [9.17, 15) is 14.9 Å². The van der Waals surface area contributed by atoms with Gasteiger partial charge in [-0.25, -0.2) is 0 Å². The lowest BCUT2D eigenvalue weighted by molar-refractivity contribution is -0.385. The largest absolute Gasteiger partial charge is 0.482 e. The number of benzene rings is 3. The number of nitro groups is 1. The van der Waals surface area contributed by atoms with Crippen molar-refractivity contribution in [2.75, 3.05) is 4.90 Å². The summed E-state index contributed by atoms with van der Waals surface area (Å²) in [5, 5.41) is 11.8. The molecular weight excluding hydrogens is 356 g/mol. The van der Waals surface area contributed by atoms with Crippen molar-refractivity contribution in [2.24, 2.45) is 0 Å². The zero-order valence-electron chi connectivity index (χ0n) is 15.4. The first-order chi connectivity index (χ1) is 13.6. The number of anilines is 1. The molecule has 0 aliphatic carbocycles. The van der Waals surface area contributed by atoms with Gasteiger partial charge >= 0.3 is 5.69 Å². The standard InChI is InChI=1S/C22H20N2O4/c1-17(25)23(15-18-9-4-2-5-10-18)20-13-8-14-21(22(20)24(26)27)28-16-19-11-6-3-7-12-19/h2-14H,15-16H2,1H3. The molecule has 0 N–H and O–H groups in total. The van der Waals surface area contributed by atoms with Gasteiger partial charge in [0, 0.05) is 6.92 Å². The van der Waals surface area contributed by atoms with Crippen LogP contribution in [-0.2, 0) is 17.9 Å². The van der Waals surface area contributed by atoms with Gasteiger partial charge in [-0.3, -0.25) is 14.9 Å². The highest BCUT2D eigenvalue weighted by atomic mass is 16.6. The van der Waals surface area contributed by atoms with Gasteiger partial charge in [0.05, 0.1) is 11.5 Å². The summed E-state index contributed by atoms with van der Waals surface area (Å²) >= 11 is 0. The molecule has 0 saturated carbocycles. The summed E-state index contributed by atoms with van der Waals surface area (Å²) in [6.07, 6.45) is 0. The van der Waals surface area contributed by atoms with Gasteiger partial charge in [-0.05, 0) is 23.3 Å². The second kappa shape index (κ2) is 8.81. The summed E-state index contributed by atoms with van der Waals surface area (Å²) in [5.74, 6) is -0.155. The highest BCUT2D eigenvalue weighted by Crippen LogP contribution is 2.38. The third kappa shape index (κ3) is 4.54. The van der Waals surface area contributed by atoms with E-state index in [1.807, 2.05) is 60.7 Å². The smallest absolute Gasteiger partial charge is 0.334 e. The molecule has 0 fully saturated rings. The maximum atomic E-state index is 12.3. The lowest BCUT2D eigenvalue weighted by Gasteiger charge is -2.22. The number of rotatable bonds is 7. The van der Waals surface area contributed by atoms with Crippen molar-refractivity contribution in [2.45, 2.75) is 20.1 Å². The highest BCUT2D eigenvalue weighted by molar-refractivity contribution is 5.94. The number of hydrogen-bond donors (Lipinski definition) is 0. The zero-order valence-corrected chi connectivity index (χ0v) is 15.4. The van der Waals surface area contributed by atoms with Gasteiger partial charge in [0.1, 0.15) is 12.3 Å². The predicted octanol–water partition coefficient (Wildman–Crippen LogP) is 4.73. The van der Waals surface area contributed by atoms with Gasteiger partial charge in [-0.1, -0.05) is 66.7 Å². The summed E-state index contributed by atoms with van der Waals surface area (Å²) in [6, 6.07) is 23.5. The van der Waals surface area contributed by atoms with Gasteiger partial charge in [-0.15, -0.1) is 0 Å². The van der Waals surface area contributed by atoms with E-state index < -0.39 is 4.92 Å². The Morgan fingerprint density at radius 1 is 0.929 bits per heavy atom. The third-order valence-electron chi connectivity index (χ3n) is 4.25. The maximum Gasteiger partial charge on any atom is 0.334 e. The number of nitrogens with zero attached hydrogens (tertiary/aromatic N) is 2. The van der Waals surface area contributed by atoms with E-state index in [-0.39, 0.29) is 36.2 Å². The Labute approximate surface area is 163 Å². The molecule has 0 aliphatic heterocycles. The zero-order chi connectivity index (χ0) is 19.9. The molecule has 0 spiro atoms. The topological polar surface area (TPSA) is 72.7 Å². The molecule has 0 atom stereocenters. The van der Waals surface area contributed by atoms with Crippen molar-refractivity contribution in [3.05, 3.63) is 100 Å². The fourth-order valence-electron chi connectivity index (χ4n) is 2.90.